The largest absolute Gasteiger partial charge is 0.380 e. The monoisotopic (exact) mass is 472 g/mol. The number of imidazole rings is 1. The average molecular weight is 473 g/mol. The Hall–Kier alpha value is -3.98. The van der Waals surface area contributed by atoms with Crippen molar-refractivity contribution in [2.24, 2.45) is 0 Å². The summed E-state index contributed by atoms with van der Waals surface area (Å²) in [5.74, 6) is 0.183. The second kappa shape index (κ2) is 8.66. The van der Waals surface area contributed by atoms with E-state index in [1.807, 2.05) is 34.9 Å². The molecule has 8 nitrogen and oxygen atoms in total. The fourth-order valence-electron chi connectivity index (χ4n) is 5.00. The van der Waals surface area contributed by atoms with Crippen molar-refractivity contribution in [2.45, 2.75) is 25.5 Å². The molecule has 0 spiro atoms. The van der Waals surface area contributed by atoms with E-state index in [4.69, 9.17) is 4.74 Å². The third kappa shape index (κ3) is 3.87. The maximum Gasteiger partial charge on any atom is 0.254 e. The van der Waals surface area contributed by atoms with Gasteiger partial charge >= 0.3 is 0 Å². The maximum atomic E-state index is 13.6. The van der Waals surface area contributed by atoms with Gasteiger partial charge in [0.25, 0.3) is 5.91 Å². The summed E-state index contributed by atoms with van der Waals surface area (Å²) in [7, 11) is 1.76. The number of hydrogen-bond acceptors (Lipinski definition) is 6. The number of aromatic nitrogens is 3. The minimum absolute atomic E-state index is 0.139. The van der Waals surface area contributed by atoms with Crippen LogP contribution in [0.3, 0.4) is 0 Å². The number of hydrogen-bond donors (Lipinski definition) is 2. The maximum absolute atomic E-state index is 13.6. The van der Waals surface area contributed by atoms with Crippen molar-refractivity contribution in [1.82, 2.24) is 19.7 Å². The zero-order chi connectivity index (χ0) is 23.9. The summed E-state index contributed by atoms with van der Waals surface area (Å²) in [5, 5.41) is 6.24. The first-order chi connectivity index (χ1) is 17.1. The van der Waals surface area contributed by atoms with E-state index in [1.54, 1.807) is 19.5 Å². The molecular weight excluding hydrogens is 447 g/mol. The second-order valence-electron chi connectivity index (χ2n) is 8.89. The van der Waals surface area contributed by atoms with Crippen molar-refractivity contribution in [2.75, 3.05) is 30.4 Å². The Morgan fingerprint density at radius 1 is 1.17 bits per heavy atom. The van der Waals surface area contributed by atoms with Crippen LogP contribution >= 0.6 is 0 Å². The molecule has 3 aromatic heterocycles. The standard InChI is InChI=1S/C26H25FN6O2/c1-35-18-3-2-9-32(15-18)17-4-7-23(28-12-17)31-21-6-5-19(20-13-30-26(34)25(20)21)22-14-29-24-11-16(27)8-10-33(22)24/h4-8,10-12,14,18H,2-3,9,13,15H2,1H3,(H,28,31)(H,30,34)/t18-/m0/s1. The number of nitrogens with one attached hydrogen (secondary N) is 2. The van der Waals surface area contributed by atoms with Crippen molar-refractivity contribution in [3.8, 4) is 11.3 Å². The van der Waals surface area contributed by atoms with E-state index >= 15 is 0 Å². The van der Waals surface area contributed by atoms with Gasteiger partial charge in [0.2, 0.25) is 0 Å². The minimum Gasteiger partial charge on any atom is -0.380 e. The summed E-state index contributed by atoms with van der Waals surface area (Å²) < 4.78 is 21.0. The summed E-state index contributed by atoms with van der Waals surface area (Å²) in [4.78, 5) is 24.0. The van der Waals surface area contributed by atoms with Gasteiger partial charge in [-0.1, -0.05) is 6.07 Å². The molecule has 0 saturated carbocycles. The van der Waals surface area contributed by atoms with Gasteiger partial charge in [-0.15, -0.1) is 0 Å². The van der Waals surface area contributed by atoms with Crippen LogP contribution in [0.4, 0.5) is 21.6 Å². The third-order valence-electron chi connectivity index (χ3n) is 6.80. The Kier molecular flexibility index (Phi) is 5.33. The Labute approximate surface area is 201 Å². The number of anilines is 3. The van der Waals surface area contributed by atoms with Gasteiger partial charge in [-0.25, -0.2) is 14.4 Å². The molecule has 1 aromatic carbocycles. The van der Waals surface area contributed by atoms with Gasteiger partial charge < -0.3 is 20.3 Å². The molecule has 6 rings (SSSR count). The zero-order valence-corrected chi connectivity index (χ0v) is 19.3. The third-order valence-corrected chi connectivity index (χ3v) is 6.80. The topological polar surface area (TPSA) is 83.8 Å². The molecule has 2 aliphatic heterocycles. The van der Waals surface area contributed by atoms with E-state index in [0.717, 1.165) is 48.4 Å². The summed E-state index contributed by atoms with van der Waals surface area (Å²) in [5.41, 5.74) is 5.41. The van der Waals surface area contributed by atoms with Crippen molar-refractivity contribution in [3.63, 3.8) is 0 Å². The van der Waals surface area contributed by atoms with Gasteiger partial charge in [0.15, 0.2) is 0 Å². The fraction of sp³-hybridized carbons (Fsp3) is 0.269. The number of fused-ring (bicyclic) bond motifs is 2. The molecule has 5 heterocycles. The van der Waals surface area contributed by atoms with Gasteiger partial charge in [0.1, 0.15) is 17.3 Å². The number of ether oxygens (including phenoxy) is 1. The Balaban J connectivity index is 1.30. The van der Waals surface area contributed by atoms with Crippen LogP contribution in [0.15, 0.2) is 55.0 Å². The number of amides is 1. The summed E-state index contributed by atoms with van der Waals surface area (Å²) in [6, 6.07) is 10.6. The molecule has 2 aliphatic rings. The molecular formula is C26H25FN6O2. The van der Waals surface area contributed by atoms with Crippen LogP contribution in [-0.2, 0) is 11.3 Å². The molecule has 178 valence electrons. The van der Waals surface area contributed by atoms with Crippen molar-refractivity contribution in [3.05, 3.63) is 71.9 Å². The number of carbonyl (C=O) groups excluding carboxylic acids is 1. The Morgan fingerprint density at radius 3 is 2.91 bits per heavy atom. The first-order valence-electron chi connectivity index (χ1n) is 11.7. The molecule has 0 bridgehead atoms. The van der Waals surface area contributed by atoms with Crippen LogP contribution in [0, 0.1) is 5.82 Å². The highest BCUT2D eigenvalue weighted by Crippen LogP contribution is 2.35. The molecule has 0 aliphatic carbocycles. The number of rotatable bonds is 5. The summed E-state index contributed by atoms with van der Waals surface area (Å²) in [6.45, 7) is 2.25. The highest BCUT2D eigenvalue weighted by molar-refractivity contribution is 6.06. The molecule has 4 aromatic rings. The summed E-state index contributed by atoms with van der Waals surface area (Å²) >= 11 is 0. The van der Waals surface area contributed by atoms with Gasteiger partial charge in [-0.3, -0.25) is 9.20 Å². The molecule has 1 saturated heterocycles. The first kappa shape index (κ1) is 21.5. The normalized spacial score (nSPS) is 17.5. The van der Waals surface area contributed by atoms with E-state index in [0.29, 0.717) is 29.3 Å². The van der Waals surface area contributed by atoms with E-state index in [1.165, 1.54) is 12.1 Å². The van der Waals surface area contributed by atoms with Crippen LogP contribution in [0.25, 0.3) is 16.9 Å². The van der Waals surface area contributed by atoms with Crippen molar-refractivity contribution >= 4 is 28.7 Å². The molecule has 1 fully saturated rings. The second-order valence-corrected chi connectivity index (χ2v) is 8.89. The van der Waals surface area contributed by atoms with Crippen LogP contribution in [0.5, 0.6) is 0 Å². The van der Waals surface area contributed by atoms with Gasteiger partial charge in [-0.05, 0) is 42.7 Å². The quantitative estimate of drug-likeness (QED) is 0.454. The lowest BCUT2D eigenvalue weighted by Crippen LogP contribution is -2.39. The number of carbonyl (C=O) groups is 1. The SMILES string of the molecule is CO[C@H]1CCCN(c2ccc(Nc3ccc(-c4cnc5cc(F)ccn45)c4c3C(=O)NC4)nc2)C1. The first-order valence-corrected chi connectivity index (χ1v) is 11.7. The van der Waals surface area contributed by atoms with E-state index < -0.39 is 0 Å². The number of nitrogens with zero attached hydrogens (tertiary/aromatic N) is 4. The van der Waals surface area contributed by atoms with Crippen LogP contribution in [-0.4, -0.2) is 46.6 Å². The summed E-state index contributed by atoms with van der Waals surface area (Å²) in [6.07, 6.45) is 7.62. The molecule has 2 N–H and O–H groups in total. The predicted octanol–water partition coefficient (Wildman–Crippen LogP) is 4.14. The number of benzene rings is 1. The number of pyridine rings is 2. The molecule has 1 atom stereocenters. The number of halogens is 1. The Bertz CT molecular complexity index is 1420. The highest BCUT2D eigenvalue weighted by atomic mass is 19.1. The zero-order valence-electron chi connectivity index (χ0n) is 19.3. The van der Waals surface area contributed by atoms with Crippen molar-refractivity contribution < 1.29 is 13.9 Å². The Morgan fingerprint density at radius 2 is 2.09 bits per heavy atom. The van der Waals surface area contributed by atoms with E-state index in [-0.39, 0.29) is 17.8 Å². The predicted molar refractivity (Wildman–Crippen MR) is 132 cm³/mol. The number of methoxy groups -OCH3 is 1. The van der Waals surface area contributed by atoms with Crippen LogP contribution in [0.2, 0.25) is 0 Å². The molecule has 0 radical (unpaired) electrons. The molecule has 0 unspecified atom stereocenters. The van der Waals surface area contributed by atoms with Gasteiger partial charge in [0.05, 0.1) is 41.1 Å². The van der Waals surface area contributed by atoms with Crippen LogP contribution < -0.4 is 15.5 Å². The molecule has 9 heteroatoms. The minimum atomic E-state index is -0.339. The fourth-order valence-corrected chi connectivity index (χ4v) is 5.00. The van der Waals surface area contributed by atoms with Crippen LogP contribution in [0.1, 0.15) is 28.8 Å². The lowest BCUT2D eigenvalue weighted by atomic mass is 9.99. The van der Waals surface area contributed by atoms with E-state index in [9.17, 15) is 9.18 Å². The van der Waals surface area contributed by atoms with Gasteiger partial charge in [-0.2, -0.15) is 0 Å². The smallest absolute Gasteiger partial charge is 0.254 e. The molecule has 35 heavy (non-hydrogen) atoms. The molecule has 1 amide bonds. The van der Waals surface area contributed by atoms with E-state index in [2.05, 4.69) is 25.5 Å². The average Bonchev–Trinajstić information content (AvgIpc) is 3.48. The number of piperidine rings is 1. The lowest BCUT2D eigenvalue weighted by Gasteiger charge is -2.33. The van der Waals surface area contributed by atoms with Gasteiger partial charge in [0, 0.05) is 44.6 Å². The lowest BCUT2D eigenvalue weighted by molar-refractivity contribution is 0.0893. The highest BCUT2D eigenvalue weighted by Gasteiger charge is 2.27. The van der Waals surface area contributed by atoms with Crippen molar-refractivity contribution in [1.29, 1.82) is 0 Å².